The van der Waals surface area contributed by atoms with Gasteiger partial charge in [0.05, 0.1) is 29.9 Å². The Bertz CT molecular complexity index is 971. The number of rotatable bonds is 7. The summed E-state index contributed by atoms with van der Waals surface area (Å²) < 4.78 is 32.3. The van der Waals surface area contributed by atoms with E-state index in [1.54, 1.807) is 36.5 Å². The first kappa shape index (κ1) is 17.8. The summed E-state index contributed by atoms with van der Waals surface area (Å²) in [5.74, 6) is 0.122. The first-order valence-corrected chi connectivity index (χ1v) is 9.33. The van der Waals surface area contributed by atoms with Crippen LogP contribution in [0.25, 0.3) is 0 Å². The molecule has 0 aliphatic heterocycles. The van der Waals surface area contributed by atoms with Gasteiger partial charge in [-0.05, 0) is 42.5 Å². The summed E-state index contributed by atoms with van der Waals surface area (Å²) in [5, 5.41) is 2.72. The van der Waals surface area contributed by atoms with Gasteiger partial charge in [0.2, 0.25) is 10.0 Å². The summed E-state index contributed by atoms with van der Waals surface area (Å²) >= 11 is 0. The lowest BCUT2D eigenvalue weighted by molar-refractivity contribution is 0.0950. The van der Waals surface area contributed by atoms with Crippen molar-refractivity contribution in [1.29, 1.82) is 0 Å². The summed E-state index contributed by atoms with van der Waals surface area (Å²) in [4.78, 5) is 16.4. The molecule has 8 heteroatoms. The van der Waals surface area contributed by atoms with Crippen molar-refractivity contribution in [3.63, 3.8) is 0 Å². The second-order valence-electron chi connectivity index (χ2n) is 5.44. The molecule has 0 fully saturated rings. The summed E-state index contributed by atoms with van der Waals surface area (Å²) in [6.07, 6.45) is 3.11. The van der Waals surface area contributed by atoms with Crippen LogP contribution in [0.1, 0.15) is 21.8 Å². The van der Waals surface area contributed by atoms with Crippen LogP contribution >= 0.6 is 0 Å². The normalized spacial score (nSPS) is 11.2. The molecule has 3 aromatic rings. The van der Waals surface area contributed by atoms with Gasteiger partial charge < -0.3 is 9.73 Å². The standard InChI is InChI=1S/C18H17N3O4S/c22-18(20-12-15-6-1-2-9-19-15)14-5-3-8-17(11-14)26(23,24)21-13-16-7-4-10-25-16/h1-11,21H,12-13H2,(H,20,22). The molecule has 1 aromatic carbocycles. The fourth-order valence-electron chi connectivity index (χ4n) is 2.24. The van der Waals surface area contributed by atoms with Gasteiger partial charge in [-0.3, -0.25) is 9.78 Å². The maximum atomic E-state index is 12.4. The second kappa shape index (κ2) is 7.94. The number of hydrogen-bond acceptors (Lipinski definition) is 5. The summed E-state index contributed by atoms with van der Waals surface area (Å²) in [5.41, 5.74) is 0.964. The van der Waals surface area contributed by atoms with E-state index in [9.17, 15) is 13.2 Å². The predicted molar refractivity (Wildman–Crippen MR) is 94.6 cm³/mol. The monoisotopic (exact) mass is 371 g/mol. The fraction of sp³-hybridized carbons (Fsp3) is 0.111. The van der Waals surface area contributed by atoms with Crippen LogP contribution < -0.4 is 10.0 Å². The number of aromatic nitrogens is 1. The Morgan fingerprint density at radius 1 is 1.04 bits per heavy atom. The molecule has 7 nitrogen and oxygen atoms in total. The molecule has 134 valence electrons. The zero-order valence-corrected chi connectivity index (χ0v) is 14.6. The number of benzene rings is 1. The van der Waals surface area contributed by atoms with Crippen molar-refractivity contribution in [2.24, 2.45) is 0 Å². The van der Waals surface area contributed by atoms with Crippen molar-refractivity contribution in [3.8, 4) is 0 Å². The minimum absolute atomic E-state index is 0.00884. The van der Waals surface area contributed by atoms with Crippen molar-refractivity contribution < 1.29 is 17.6 Å². The summed E-state index contributed by atoms with van der Waals surface area (Å²) in [6.45, 7) is 0.291. The number of sulfonamides is 1. The maximum Gasteiger partial charge on any atom is 0.251 e. The lowest BCUT2D eigenvalue weighted by Crippen LogP contribution is -2.25. The highest BCUT2D eigenvalue weighted by Crippen LogP contribution is 2.13. The van der Waals surface area contributed by atoms with Crippen molar-refractivity contribution in [1.82, 2.24) is 15.0 Å². The van der Waals surface area contributed by atoms with E-state index in [1.165, 1.54) is 24.5 Å². The molecule has 0 unspecified atom stereocenters. The molecular formula is C18H17N3O4S. The van der Waals surface area contributed by atoms with Crippen LogP contribution in [0.15, 0.2) is 76.4 Å². The molecule has 2 heterocycles. The molecule has 1 amide bonds. The van der Waals surface area contributed by atoms with Crippen molar-refractivity contribution >= 4 is 15.9 Å². The molecule has 0 aliphatic rings. The third-order valence-electron chi connectivity index (χ3n) is 3.58. The Balaban J connectivity index is 1.67. The average Bonchev–Trinajstić information content (AvgIpc) is 3.19. The van der Waals surface area contributed by atoms with E-state index in [1.807, 2.05) is 6.07 Å². The van der Waals surface area contributed by atoms with Gasteiger partial charge in [0.1, 0.15) is 5.76 Å². The first-order valence-electron chi connectivity index (χ1n) is 7.85. The van der Waals surface area contributed by atoms with Gasteiger partial charge in [-0.15, -0.1) is 0 Å². The third kappa shape index (κ3) is 4.56. The van der Waals surface area contributed by atoms with E-state index >= 15 is 0 Å². The number of amides is 1. The first-order chi connectivity index (χ1) is 12.5. The minimum Gasteiger partial charge on any atom is -0.468 e. The molecule has 2 N–H and O–H groups in total. The molecule has 3 rings (SSSR count). The number of carbonyl (C=O) groups excluding carboxylic acids is 1. The molecule has 0 bridgehead atoms. The number of carbonyl (C=O) groups is 1. The molecule has 26 heavy (non-hydrogen) atoms. The summed E-state index contributed by atoms with van der Waals surface area (Å²) in [7, 11) is -3.76. The van der Waals surface area contributed by atoms with Gasteiger partial charge in [-0.25, -0.2) is 13.1 Å². The molecule has 0 aliphatic carbocycles. The van der Waals surface area contributed by atoms with E-state index in [2.05, 4.69) is 15.0 Å². The van der Waals surface area contributed by atoms with Crippen LogP contribution in [0.2, 0.25) is 0 Å². The van der Waals surface area contributed by atoms with E-state index in [4.69, 9.17) is 4.42 Å². The molecule has 0 saturated carbocycles. The molecule has 0 spiro atoms. The smallest absolute Gasteiger partial charge is 0.251 e. The van der Waals surface area contributed by atoms with E-state index in [0.29, 0.717) is 11.5 Å². The fourth-order valence-corrected chi connectivity index (χ4v) is 3.28. The van der Waals surface area contributed by atoms with Crippen molar-refractivity contribution in [2.75, 3.05) is 0 Å². The lowest BCUT2D eigenvalue weighted by Gasteiger charge is -2.08. The quantitative estimate of drug-likeness (QED) is 0.662. The Kier molecular flexibility index (Phi) is 5.45. The van der Waals surface area contributed by atoms with Crippen LogP contribution in [0.4, 0.5) is 0 Å². The number of pyridine rings is 1. The van der Waals surface area contributed by atoms with E-state index in [-0.39, 0.29) is 29.5 Å². The maximum absolute atomic E-state index is 12.4. The van der Waals surface area contributed by atoms with Gasteiger partial charge in [0.15, 0.2) is 0 Å². The number of nitrogens with zero attached hydrogens (tertiary/aromatic N) is 1. The predicted octanol–water partition coefficient (Wildman–Crippen LogP) is 2.08. The van der Waals surface area contributed by atoms with Crippen LogP contribution in [0.5, 0.6) is 0 Å². The SMILES string of the molecule is O=C(NCc1ccccn1)c1cccc(S(=O)(=O)NCc2ccco2)c1. The van der Waals surface area contributed by atoms with Crippen LogP contribution in [-0.4, -0.2) is 19.3 Å². The van der Waals surface area contributed by atoms with Crippen molar-refractivity contribution in [3.05, 3.63) is 84.1 Å². The zero-order valence-electron chi connectivity index (χ0n) is 13.8. The minimum atomic E-state index is -3.76. The Labute approximate surface area is 151 Å². The van der Waals surface area contributed by atoms with E-state index < -0.39 is 10.0 Å². The van der Waals surface area contributed by atoms with Crippen LogP contribution in [0, 0.1) is 0 Å². The second-order valence-corrected chi connectivity index (χ2v) is 7.20. The van der Waals surface area contributed by atoms with Crippen LogP contribution in [0.3, 0.4) is 0 Å². The number of nitrogens with one attached hydrogen (secondary N) is 2. The molecule has 0 radical (unpaired) electrons. The van der Waals surface area contributed by atoms with Gasteiger partial charge in [0, 0.05) is 11.8 Å². The van der Waals surface area contributed by atoms with Gasteiger partial charge in [-0.1, -0.05) is 12.1 Å². The molecule has 2 aromatic heterocycles. The number of hydrogen-bond donors (Lipinski definition) is 2. The zero-order chi connectivity index (χ0) is 18.4. The van der Waals surface area contributed by atoms with Crippen molar-refractivity contribution in [2.45, 2.75) is 18.0 Å². The highest BCUT2D eigenvalue weighted by molar-refractivity contribution is 7.89. The highest BCUT2D eigenvalue weighted by atomic mass is 32.2. The third-order valence-corrected chi connectivity index (χ3v) is 4.98. The molecule has 0 saturated heterocycles. The van der Waals surface area contributed by atoms with Crippen LogP contribution in [-0.2, 0) is 23.1 Å². The Hall–Kier alpha value is -2.97. The van der Waals surface area contributed by atoms with Gasteiger partial charge in [0.25, 0.3) is 5.91 Å². The largest absolute Gasteiger partial charge is 0.468 e. The Morgan fingerprint density at radius 3 is 2.65 bits per heavy atom. The van der Waals surface area contributed by atoms with Gasteiger partial charge in [-0.2, -0.15) is 0 Å². The van der Waals surface area contributed by atoms with E-state index in [0.717, 1.165) is 0 Å². The molecule has 0 atom stereocenters. The highest BCUT2D eigenvalue weighted by Gasteiger charge is 2.16. The molecular weight excluding hydrogens is 354 g/mol. The number of furan rings is 1. The lowest BCUT2D eigenvalue weighted by atomic mass is 10.2. The average molecular weight is 371 g/mol. The topological polar surface area (TPSA) is 101 Å². The summed E-state index contributed by atoms with van der Waals surface area (Å²) in [6, 6.07) is 14.6. The Morgan fingerprint density at radius 2 is 1.92 bits per heavy atom. The van der Waals surface area contributed by atoms with Gasteiger partial charge >= 0.3 is 0 Å².